The van der Waals surface area contributed by atoms with Crippen molar-refractivity contribution in [1.29, 1.82) is 0 Å². The molecular weight excluding hydrogens is 330 g/mol. The van der Waals surface area contributed by atoms with Crippen LogP contribution in [0.4, 0.5) is 0 Å². The van der Waals surface area contributed by atoms with E-state index in [0.29, 0.717) is 13.1 Å². The van der Waals surface area contributed by atoms with Crippen molar-refractivity contribution in [3.63, 3.8) is 0 Å². The molecule has 1 aliphatic rings. The van der Waals surface area contributed by atoms with Gasteiger partial charge in [-0.05, 0) is 6.92 Å². The predicted octanol–water partition coefficient (Wildman–Crippen LogP) is 2.28. The average Bonchev–Trinajstić information content (AvgIpc) is 3.05. The lowest BCUT2D eigenvalue weighted by Crippen LogP contribution is -2.48. The van der Waals surface area contributed by atoms with Crippen LogP contribution in [0, 0.1) is 0 Å². The van der Waals surface area contributed by atoms with Crippen LogP contribution < -0.4 is 0 Å². The van der Waals surface area contributed by atoms with E-state index >= 15 is 0 Å². The summed E-state index contributed by atoms with van der Waals surface area (Å²) in [5, 5.41) is 3.17. The molecule has 2 aromatic rings. The molecule has 1 aliphatic heterocycles. The van der Waals surface area contributed by atoms with Crippen LogP contribution in [-0.4, -0.2) is 54.5 Å². The number of thiazole rings is 1. The third kappa shape index (κ3) is 3.98. The highest BCUT2D eigenvalue weighted by Gasteiger charge is 2.25. The Bertz CT molecular complexity index is 736. The Morgan fingerprint density at radius 1 is 1.13 bits per heavy atom. The summed E-state index contributed by atoms with van der Waals surface area (Å²) in [5.41, 5.74) is 2.15. The van der Waals surface area contributed by atoms with Gasteiger partial charge in [-0.2, -0.15) is 4.31 Å². The number of sulfonamides is 1. The number of nitrogens with zero attached hydrogens (tertiary/aromatic N) is 3. The molecule has 1 saturated heterocycles. The van der Waals surface area contributed by atoms with E-state index in [4.69, 9.17) is 4.98 Å². The number of benzene rings is 1. The zero-order valence-corrected chi connectivity index (χ0v) is 14.8. The molecule has 0 unspecified atom stereocenters. The molecule has 7 heteroatoms. The Morgan fingerprint density at radius 3 is 2.48 bits per heavy atom. The van der Waals surface area contributed by atoms with Gasteiger partial charge in [-0.3, -0.25) is 4.90 Å². The highest BCUT2D eigenvalue weighted by atomic mass is 32.2. The molecule has 0 radical (unpaired) electrons. The molecule has 0 amide bonds. The SMILES string of the molecule is CCS(=O)(=O)N1CCN(Cc2nc(-c3ccccc3)cs2)CC1. The summed E-state index contributed by atoms with van der Waals surface area (Å²) in [4.78, 5) is 6.98. The van der Waals surface area contributed by atoms with Crippen molar-refractivity contribution < 1.29 is 8.42 Å². The van der Waals surface area contributed by atoms with Crippen molar-refractivity contribution in [3.8, 4) is 11.3 Å². The average molecular weight is 351 g/mol. The van der Waals surface area contributed by atoms with E-state index in [2.05, 4.69) is 22.4 Å². The van der Waals surface area contributed by atoms with E-state index in [-0.39, 0.29) is 5.75 Å². The monoisotopic (exact) mass is 351 g/mol. The van der Waals surface area contributed by atoms with Crippen molar-refractivity contribution in [2.45, 2.75) is 13.5 Å². The molecule has 2 heterocycles. The first-order chi connectivity index (χ1) is 11.1. The highest BCUT2D eigenvalue weighted by molar-refractivity contribution is 7.89. The maximum absolute atomic E-state index is 11.9. The largest absolute Gasteiger partial charge is 0.294 e. The Labute approximate surface area is 141 Å². The van der Waals surface area contributed by atoms with Gasteiger partial charge in [0.05, 0.1) is 18.0 Å². The first-order valence-corrected chi connectivity index (χ1v) is 10.3. The van der Waals surface area contributed by atoms with Crippen LogP contribution in [0.1, 0.15) is 11.9 Å². The maximum atomic E-state index is 11.9. The van der Waals surface area contributed by atoms with Gasteiger partial charge in [0.15, 0.2) is 0 Å². The molecule has 0 bridgehead atoms. The zero-order valence-electron chi connectivity index (χ0n) is 13.2. The summed E-state index contributed by atoms with van der Waals surface area (Å²) in [5.74, 6) is 0.180. The van der Waals surface area contributed by atoms with Gasteiger partial charge in [0.25, 0.3) is 0 Å². The van der Waals surface area contributed by atoms with Crippen molar-refractivity contribution >= 4 is 21.4 Å². The Hall–Kier alpha value is -1.28. The summed E-state index contributed by atoms with van der Waals surface area (Å²) >= 11 is 1.66. The predicted molar refractivity (Wildman–Crippen MR) is 93.9 cm³/mol. The van der Waals surface area contributed by atoms with Gasteiger partial charge in [-0.25, -0.2) is 13.4 Å². The quantitative estimate of drug-likeness (QED) is 0.829. The molecule has 0 N–H and O–H groups in total. The Morgan fingerprint density at radius 2 is 1.83 bits per heavy atom. The van der Waals surface area contributed by atoms with Crippen molar-refractivity contribution in [1.82, 2.24) is 14.2 Å². The van der Waals surface area contributed by atoms with Gasteiger partial charge in [-0.15, -0.1) is 11.3 Å². The number of hydrogen-bond acceptors (Lipinski definition) is 5. The molecule has 1 aromatic carbocycles. The first kappa shape index (κ1) is 16.6. The Balaban J connectivity index is 1.59. The van der Waals surface area contributed by atoms with Crippen molar-refractivity contribution in [3.05, 3.63) is 40.7 Å². The van der Waals surface area contributed by atoms with E-state index in [0.717, 1.165) is 35.9 Å². The number of hydrogen-bond donors (Lipinski definition) is 0. The fraction of sp³-hybridized carbons (Fsp3) is 0.438. The molecule has 1 aromatic heterocycles. The second kappa shape index (κ2) is 7.09. The number of piperazine rings is 1. The third-order valence-electron chi connectivity index (χ3n) is 4.07. The lowest BCUT2D eigenvalue weighted by Gasteiger charge is -2.33. The number of rotatable bonds is 5. The van der Waals surface area contributed by atoms with Gasteiger partial charge in [0.1, 0.15) is 5.01 Å². The van der Waals surface area contributed by atoms with Crippen LogP contribution >= 0.6 is 11.3 Å². The van der Waals surface area contributed by atoms with E-state index in [1.807, 2.05) is 18.2 Å². The second-order valence-corrected chi connectivity index (χ2v) is 8.77. The molecule has 5 nitrogen and oxygen atoms in total. The minimum atomic E-state index is -3.06. The molecule has 23 heavy (non-hydrogen) atoms. The molecule has 0 aliphatic carbocycles. The molecule has 3 rings (SSSR count). The lowest BCUT2D eigenvalue weighted by atomic mass is 10.2. The van der Waals surface area contributed by atoms with Crippen LogP contribution in [0.25, 0.3) is 11.3 Å². The zero-order chi connectivity index (χ0) is 16.3. The standard InChI is InChI=1S/C16H21N3O2S2/c1-2-23(20,21)19-10-8-18(9-11-19)12-16-17-15(13-22-16)14-6-4-3-5-7-14/h3-7,13H,2,8-12H2,1H3. The van der Waals surface area contributed by atoms with E-state index in [1.165, 1.54) is 0 Å². The Kier molecular flexibility index (Phi) is 5.11. The normalized spacial score (nSPS) is 17.4. The van der Waals surface area contributed by atoms with Gasteiger partial charge in [0.2, 0.25) is 10.0 Å². The van der Waals surface area contributed by atoms with E-state index in [9.17, 15) is 8.42 Å². The first-order valence-electron chi connectivity index (χ1n) is 7.78. The van der Waals surface area contributed by atoms with Gasteiger partial charge < -0.3 is 0 Å². The molecular formula is C16H21N3O2S2. The minimum absolute atomic E-state index is 0.180. The van der Waals surface area contributed by atoms with Crippen molar-refractivity contribution in [2.75, 3.05) is 31.9 Å². The molecule has 124 valence electrons. The third-order valence-corrected chi connectivity index (χ3v) is 6.78. The molecule has 0 spiro atoms. The van der Waals surface area contributed by atoms with E-state index < -0.39 is 10.0 Å². The fourth-order valence-corrected chi connectivity index (χ4v) is 4.59. The fourth-order valence-electron chi connectivity index (χ4n) is 2.66. The molecule has 1 fully saturated rings. The smallest absolute Gasteiger partial charge is 0.213 e. The maximum Gasteiger partial charge on any atom is 0.213 e. The van der Waals surface area contributed by atoms with Crippen molar-refractivity contribution in [2.24, 2.45) is 0 Å². The summed E-state index contributed by atoms with van der Waals surface area (Å²) in [6.07, 6.45) is 0. The minimum Gasteiger partial charge on any atom is -0.294 e. The highest BCUT2D eigenvalue weighted by Crippen LogP contribution is 2.22. The lowest BCUT2D eigenvalue weighted by molar-refractivity contribution is 0.181. The van der Waals surface area contributed by atoms with Gasteiger partial charge >= 0.3 is 0 Å². The summed E-state index contributed by atoms with van der Waals surface area (Å²) in [6.45, 7) is 5.17. The summed E-state index contributed by atoms with van der Waals surface area (Å²) in [7, 11) is -3.06. The van der Waals surface area contributed by atoms with Crippen LogP contribution in [-0.2, 0) is 16.6 Å². The summed E-state index contributed by atoms with van der Waals surface area (Å²) < 4.78 is 25.4. The topological polar surface area (TPSA) is 53.5 Å². The van der Waals surface area contributed by atoms with Gasteiger partial charge in [0, 0.05) is 37.1 Å². The molecule has 0 atom stereocenters. The number of aromatic nitrogens is 1. The van der Waals surface area contributed by atoms with Crippen LogP contribution in [0.3, 0.4) is 0 Å². The van der Waals surface area contributed by atoms with Crippen LogP contribution in [0.5, 0.6) is 0 Å². The van der Waals surface area contributed by atoms with Crippen LogP contribution in [0.15, 0.2) is 35.7 Å². The van der Waals surface area contributed by atoms with Crippen LogP contribution in [0.2, 0.25) is 0 Å². The van der Waals surface area contributed by atoms with Gasteiger partial charge in [-0.1, -0.05) is 30.3 Å². The second-order valence-electron chi connectivity index (χ2n) is 5.57. The summed E-state index contributed by atoms with van der Waals surface area (Å²) in [6, 6.07) is 10.2. The van der Waals surface area contributed by atoms with E-state index in [1.54, 1.807) is 22.6 Å². The molecule has 0 saturated carbocycles.